The highest BCUT2D eigenvalue weighted by Crippen LogP contribution is 2.37. The lowest BCUT2D eigenvalue weighted by Crippen LogP contribution is -2.42. The molecule has 1 aromatic carbocycles. The first kappa shape index (κ1) is 14.4. The van der Waals surface area contributed by atoms with Gasteiger partial charge in [-0.25, -0.2) is 8.42 Å². The summed E-state index contributed by atoms with van der Waals surface area (Å²) in [5.41, 5.74) is 1.31. The fourth-order valence-electron chi connectivity index (χ4n) is 2.25. The molecule has 0 atom stereocenters. The number of benzene rings is 1. The summed E-state index contributed by atoms with van der Waals surface area (Å²) >= 11 is 6.67. The van der Waals surface area contributed by atoms with E-state index in [2.05, 4.69) is 4.98 Å². The summed E-state index contributed by atoms with van der Waals surface area (Å²) < 4.78 is 26.7. The van der Waals surface area contributed by atoms with Gasteiger partial charge in [0.25, 0.3) is 10.0 Å². The summed E-state index contributed by atoms with van der Waals surface area (Å²) in [6.45, 7) is 0.867. The third kappa shape index (κ3) is 2.43. The molecule has 0 fully saturated rings. The van der Waals surface area contributed by atoms with Gasteiger partial charge in [-0.15, -0.1) is 0 Å². The van der Waals surface area contributed by atoms with E-state index in [0.29, 0.717) is 35.1 Å². The molecule has 1 aliphatic heterocycles. The zero-order chi connectivity index (χ0) is 15.2. The topological polar surface area (TPSA) is 73.5 Å². The number of thiazole rings is 1. The average Bonchev–Trinajstić information content (AvgIpc) is 2.87. The van der Waals surface area contributed by atoms with Gasteiger partial charge in [0.1, 0.15) is 0 Å². The van der Waals surface area contributed by atoms with Gasteiger partial charge in [-0.2, -0.15) is 0 Å². The lowest BCUT2D eigenvalue weighted by Gasteiger charge is -2.35. The van der Waals surface area contributed by atoms with Crippen molar-refractivity contribution in [3.63, 3.8) is 0 Å². The Morgan fingerprint density at radius 1 is 1.29 bits per heavy atom. The minimum Gasteiger partial charge on any atom is -0.371 e. The highest BCUT2D eigenvalue weighted by molar-refractivity contribution is 7.94. The summed E-state index contributed by atoms with van der Waals surface area (Å²) in [6, 6.07) is 5.07. The second-order valence-corrected chi connectivity index (χ2v) is 8.17. The van der Waals surface area contributed by atoms with E-state index >= 15 is 0 Å². The highest BCUT2D eigenvalue weighted by atomic mass is 35.5. The van der Waals surface area contributed by atoms with Crippen LogP contribution >= 0.6 is 22.9 Å². The summed E-state index contributed by atoms with van der Waals surface area (Å²) in [5, 5.41) is 0.547. The number of anilines is 2. The maximum atomic E-state index is 12.7. The number of hydrogen-bond donors (Lipinski definition) is 1. The van der Waals surface area contributed by atoms with Crippen LogP contribution < -0.4 is 14.1 Å². The number of H-pyrrole nitrogens is 1. The second kappa shape index (κ2) is 5.04. The zero-order valence-electron chi connectivity index (χ0n) is 11.0. The van der Waals surface area contributed by atoms with E-state index in [4.69, 9.17) is 11.6 Å². The molecule has 1 N–H and O–H groups in total. The standard InChI is InChI=1S/C12H12ClN3O3S2/c1-15-4-5-16(9-3-2-8(13)6-10(9)15)21(18,19)11-7-14-12(17)20-11/h2-3,6-7H,4-5H2,1H3,(H,14,17). The van der Waals surface area contributed by atoms with Gasteiger partial charge in [-0.1, -0.05) is 22.9 Å². The Bertz CT molecular complexity index is 843. The molecule has 0 bridgehead atoms. The first-order valence-corrected chi connectivity index (χ1v) is 8.75. The molecular formula is C12H12ClN3O3S2. The van der Waals surface area contributed by atoms with Crippen LogP contribution in [-0.2, 0) is 10.0 Å². The maximum Gasteiger partial charge on any atom is 0.305 e. The van der Waals surface area contributed by atoms with Crippen LogP contribution in [0.3, 0.4) is 0 Å². The quantitative estimate of drug-likeness (QED) is 0.899. The van der Waals surface area contributed by atoms with Crippen molar-refractivity contribution in [3.8, 4) is 0 Å². The Morgan fingerprint density at radius 3 is 2.71 bits per heavy atom. The van der Waals surface area contributed by atoms with Crippen LogP contribution in [0.25, 0.3) is 0 Å². The number of hydrogen-bond acceptors (Lipinski definition) is 5. The summed E-state index contributed by atoms with van der Waals surface area (Å²) in [5.74, 6) is 0. The normalized spacial score (nSPS) is 15.1. The van der Waals surface area contributed by atoms with E-state index < -0.39 is 10.0 Å². The van der Waals surface area contributed by atoms with E-state index in [1.54, 1.807) is 18.2 Å². The number of sulfonamides is 1. The monoisotopic (exact) mass is 345 g/mol. The molecule has 0 saturated heterocycles. The van der Waals surface area contributed by atoms with Crippen molar-refractivity contribution in [3.05, 3.63) is 39.1 Å². The lowest BCUT2D eigenvalue weighted by atomic mass is 10.2. The molecule has 0 unspecified atom stereocenters. The highest BCUT2D eigenvalue weighted by Gasteiger charge is 2.32. The van der Waals surface area contributed by atoms with Gasteiger partial charge in [0.2, 0.25) is 0 Å². The molecular weight excluding hydrogens is 334 g/mol. The van der Waals surface area contributed by atoms with E-state index in [1.807, 2.05) is 11.9 Å². The van der Waals surface area contributed by atoms with Crippen LogP contribution in [0.15, 0.2) is 33.4 Å². The zero-order valence-corrected chi connectivity index (χ0v) is 13.4. The molecule has 0 aliphatic carbocycles. The van der Waals surface area contributed by atoms with Crippen molar-refractivity contribution >= 4 is 44.3 Å². The van der Waals surface area contributed by atoms with E-state index in [0.717, 1.165) is 5.69 Å². The molecule has 1 aliphatic rings. The van der Waals surface area contributed by atoms with E-state index in [9.17, 15) is 13.2 Å². The molecule has 9 heteroatoms. The molecule has 0 amide bonds. The Morgan fingerprint density at radius 2 is 2.05 bits per heavy atom. The molecule has 21 heavy (non-hydrogen) atoms. The van der Waals surface area contributed by atoms with Crippen LogP contribution in [0.1, 0.15) is 0 Å². The van der Waals surface area contributed by atoms with Crippen LogP contribution in [0.5, 0.6) is 0 Å². The van der Waals surface area contributed by atoms with Crippen molar-refractivity contribution in [2.75, 3.05) is 29.3 Å². The number of rotatable bonds is 2. The number of fused-ring (bicyclic) bond motifs is 1. The summed E-state index contributed by atoms with van der Waals surface area (Å²) in [7, 11) is -1.86. The van der Waals surface area contributed by atoms with Gasteiger partial charge in [-0.3, -0.25) is 9.10 Å². The molecule has 1 aromatic heterocycles. The van der Waals surface area contributed by atoms with Crippen molar-refractivity contribution in [2.45, 2.75) is 4.21 Å². The summed E-state index contributed by atoms with van der Waals surface area (Å²) in [6.07, 6.45) is 1.23. The molecule has 0 spiro atoms. The van der Waals surface area contributed by atoms with Crippen LogP contribution in [0, 0.1) is 0 Å². The smallest absolute Gasteiger partial charge is 0.305 e. The molecule has 0 radical (unpaired) electrons. The second-order valence-electron chi connectivity index (χ2n) is 4.63. The van der Waals surface area contributed by atoms with Crippen molar-refractivity contribution in [2.24, 2.45) is 0 Å². The fourth-order valence-corrected chi connectivity index (χ4v) is 4.91. The Labute approximate surface area is 130 Å². The van der Waals surface area contributed by atoms with E-state index in [1.165, 1.54) is 10.5 Å². The number of halogens is 1. The molecule has 0 saturated carbocycles. The van der Waals surface area contributed by atoms with Gasteiger partial charge in [0, 0.05) is 24.8 Å². The number of nitrogens with zero attached hydrogens (tertiary/aromatic N) is 2. The first-order valence-electron chi connectivity index (χ1n) is 6.11. The van der Waals surface area contributed by atoms with Gasteiger partial charge < -0.3 is 9.88 Å². The predicted octanol–water partition coefficient (Wildman–Crippen LogP) is 1.73. The molecule has 112 valence electrons. The third-order valence-electron chi connectivity index (χ3n) is 3.30. The number of likely N-dealkylation sites (N-methyl/N-ethyl adjacent to an activating group) is 1. The Balaban J connectivity index is 2.13. The Hall–Kier alpha value is -1.51. The molecule has 2 heterocycles. The third-order valence-corrected chi connectivity index (χ3v) is 6.63. The van der Waals surface area contributed by atoms with Crippen LogP contribution in [0.2, 0.25) is 5.02 Å². The van der Waals surface area contributed by atoms with Gasteiger partial charge in [-0.05, 0) is 18.2 Å². The predicted molar refractivity (Wildman–Crippen MR) is 84.2 cm³/mol. The number of aromatic amines is 1. The SMILES string of the molecule is CN1CCN(S(=O)(=O)c2c[nH]c(=O)s2)c2ccc(Cl)cc21. The Kier molecular flexibility index (Phi) is 3.46. The minimum absolute atomic E-state index is 0.0120. The largest absolute Gasteiger partial charge is 0.371 e. The van der Waals surface area contributed by atoms with Crippen LogP contribution in [0.4, 0.5) is 11.4 Å². The summed E-state index contributed by atoms with van der Waals surface area (Å²) in [4.78, 5) is 15.2. The molecule has 2 aromatic rings. The lowest BCUT2D eigenvalue weighted by molar-refractivity contribution is 0.591. The number of aromatic nitrogens is 1. The average molecular weight is 346 g/mol. The van der Waals surface area contributed by atoms with Gasteiger partial charge >= 0.3 is 4.87 Å². The maximum absolute atomic E-state index is 12.7. The molecule has 3 rings (SSSR count). The van der Waals surface area contributed by atoms with Gasteiger partial charge in [0.05, 0.1) is 17.9 Å². The minimum atomic E-state index is -3.74. The van der Waals surface area contributed by atoms with Crippen molar-refractivity contribution in [1.29, 1.82) is 0 Å². The van der Waals surface area contributed by atoms with Crippen LogP contribution in [-0.4, -0.2) is 33.5 Å². The van der Waals surface area contributed by atoms with E-state index in [-0.39, 0.29) is 9.08 Å². The van der Waals surface area contributed by atoms with Crippen molar-refractivity contribution in [1.82, 2.24) is 4.98 Å². The van der Waals surface area contributed by atoms with Crippen molar-refractivity contribution < 1.29 is 8.42 Å². The fraction of sp³-hybridized carbons (Fsp3) is 0.250. The number of nitrogens with one attached hydrogen (secondary N) is 1. The first-order chi connectivity index (χ1) is 9.89. The molecule has 6 nitrogen and oxygen atoms in total. The van der Waals surface area contributed by atoms with Gasteiger partial charge in [0.15, 0.2) is 4.21 Å².